The number of hydrogen-bond donors (Lipinski definition) is 2. The lowest BCUT2D eigenvalue weighted by molar-refractivity contribution is 0.394. The molecule has 1 aliphatic heterocycles. The van der Waals surface area contributed by atoms with Crippen molar-refractivity contribution in [1.29, 1.82) is 0 Å². The number of hydrogen-bond acceptors (Lipinski definition) is 10. The third kappa shape index (κ3) is 4.66. The van der Waals surface area contributed by atoms with Crippen LogP contribution in [0.15, 0.2) is 46.0 Å². The minimum Gasteiger partial charge on any atom is -0.479 e. The van der Waals surface area contributed by atoms with Gasteiger partial charge in [-0.25, -0.2) is 32.9 Å². The van der Waals surface area contributed by atoms with Crippen LogP contribution in [0.2, 0.25) is 0 Å². The van der Waals surface area contributed by atoms with E-state index < -0.39 is 26.8 Å². The zero-order chi connectivity index (χ0) is 25.2. The number of sulfonamides is 1. The molecule has 0 aromatic carbocycles. The maximum Gasteiger partial charge on any atom is 0.279 e. The average Bonchev–Trinajstić information content (AvgIpc) is 3.26. The van der Waals surface area contributed by atoms with Gasteiger partial charge in [0.15, 0.2) is 17.2 Å². The monoisotopic (exact) mass is 495 g/mol. The van der Waals surface area contributed by atoms with Crippen LogP contribution in [0.25, 0.3) is 11.4 Å². The summed E-state index contributed by atoms with van der Waals surface area (Å²) in [5.41, 5.74) is 5.77. The van der Waals surface area contributed by atoms with Gasteiger partial charge < -0.3 is 9.72 Å². The van der Waals surface area contributed by atoms with Gasteiger partial charge in [-0.2, -0.15) is 0 Å². The first-order valence-corrected chi connectivity index (χ1v) is 11.9. The third-order valence-electron chi connectivity index (χ3n) is 5.27. The van der Waals surface area contributed by atoms with E-state index in [9.17, 15) is 13.2 Å². The van der Waals surface area contributed by atoms with Gasteiger partial charge in [-0.1, -0.05) is 12.7 Å². The van der Waals surface area contributed by atoms with Gasteiger partial charge in [0, 0.05) is 30.6 Å². The molecule has 13 nitrogen and oxygen atoms in total. The highest BCUT2D eigenvalue weighted by atomic mass is 32.2. The van der Waals surface area contributed by atoms with E-state index >= 15 is 0 Å². The van der Waals surface area contributed by atoms with Crippen LogP contribution in [-0.4, -0.2) is 61.7 Å². The first-order chi connectivity index (χ1) is 16.7. The molecular weight excluding hydrogens is 474 g/mol. The minimum absolute atomic E-state index is 0.0268. The second kappa shape index (κ2) is 9.47. The Morgan fingerprint density at radius 3 is 2.57 bits per heavy atom. The summed E-state index contributed by atoms with van der Waals surface area (Å²) in [7, 11) is -2.74. The van der Waals surface area contributed by atoms with Gasteiger partial charge in [-0.05, 0) is 25.1 Å². The third-order valence-corrected chi connectivity index (χ3v) is 7.13. The summed E-state index contributed by atoms with van der Waals surface area (Å²) in [5, 5.41) is 7.06. The van der Waals surface area contributed by atoms with Crippen molar-refractivity contribution < 1.29 is 13.2 Å². The van der Waals surface area contributed by atoms with Crippen LogP contribution in [0, 0.1) is 6.92 Å². The number of aliphatic imine (C=N–C) groups is 1. The summed E-state index contributed by atoms with van der Waals surface area (Å²) < 4.78 is 35.5. The topological polar surface area (TPSA) is 170 Å². The highest BCUT2D eigenvalue weighted by Crippen LogP contribution is 2.28. The zero-order valence-corrected chi connectivity index (χ0v) is 20.0. The van der Waals surface area contributed by atoms with Crippen LogP contribution >= 0.6 is 0 Å². The minimum atomic E-state index is -4.07. The zero-order valence-electron chi connectivity index (χ0n) is 19.2. The van der Waals surface area contributed by atoms with E-state index in [0.717, 1.165) is 16.5 Å². The van der Waals surface area contributed by atoms with Crippen LogP contribution in [-0.2, 0) is 10.0 Å². The van der Waals surface area contributed by atoms with E-state index in [1.807, 2.05) is 6.92 Å². The number of methoxy groups -OCH3 is 1. The summed E-state index contributed by atoms with van der Waals surface area (Å²) in [5.74, 6) is -0.498. The number of anilines is 1. The van der Waals surface area contributed by atoms with Crippen molar-refractivity contribution in [3.8, 4) is 11.6 Å². The number of ether oxygens (including phenoxy) is 1. The van der Waals surface area contributed by atoms with Gasteiger partial charge in [-0.3, -0.25) is 9.52 Å². The van der Waals surface area contributed by atoms with E-state index in [1.54, 1.807) is 19.3 Å². The molecule has 0 radical (unpaired) electrons. The van der Waals surface area contributed by atoms with E-state index in [4.69, 9.17) is 4.74 Å². The molecule has 4 heterocycles. The molecule has 0 fully saturated rings. The highest BCUT2D eigenvalue weighted by molar-refractivity contribution is 7.93. The maximum absolute atomic E-state index is 13.3. The molecular formula is C21H21N9O4S. The summed E-state index contributed by atoms with van der Waals surface area (Å²) >= 11 is 0. The number of aryl methyl sites for hydroxylation is 1. The predicted octanol–water partition coefficient (Wildman–Crippen LogP) is 1.13. The SMILES string of the molecule is COc1nc[nH]c(=O)c1-n1c(NS(=O)(=O)[C@@H](C)[C@H](C)c2ncc(C)cn2)nnc1C1=C=C=CC=N1. The Kier molecular flexibility index (Phi) is 6.43. The molecule has 0 spiro atoms. The fourth-order valence-corrected chi connectivity index (χ4v) is 4.41. The Morgan fingerprint density at radius 1 is 1.17 bits per heavy atom. The van der Waals surface area contributed by atoms with Crippen molar-refractivity contribution in [3.05, 3.63) is 63.8 Å². The van der Waals surface area contributed by atoms with Gasteiger partial charge in [0.2, 0.25) is 21.9 Å². The molecule has 0 unspecified atom stereocenters. The van der Waals surface area contributed by atoms with Gasteiger partial charge in [0.25, 0.3) is 5.56 Å². The molecule has 4 rings (SSSR count). The molecule has 2 N–H and O–H groups in total. The lowest BCUT2D eigenvalue weighted by Gasteiger charge is -2.20. The quantitative estimate of drug-likeness (QED) is 0.435. The maximum atomic E-state index is 13.3. The molecule has 3 aromatic rings. The average molecular weight is 496 g/mol. The fraction of sp³-hybridized carbons (Fsp3) is 0.286. The number of rotatable bonds is 8. The van der Waals surface area contributed by atoms with E-state index in [2.05, 4.69) is 51.3 Å². The number of allylic oxidation sites excluding steroid dienone is 1. The number of nitrogens with zero attached hydrogens (tertiary/aromatic N) is 7. The van der Waals surface area contributed by atoms with Crippen molar-refractivity contribution in [3.63, 3.8) is 0 Å². The Hall–Kier alpha value is -4.38. The number of aromatic nitrogens is 7. The smallest absolute Gasteiger partial charge is 0.279 e. The predicted molar refractivity (Wildman–Crippen MR) is 127 cm³/mol. The molecule has 3 aromatic heterocycles. The second-order valence-electron chi connectivity index (χ2n) is 7.59. The summed E-state index contributed by atoms with van der Waals surface area (Å²) in [4.78, 5) is 31.9. The van der Waals surface area contributed by atoms with Gasteiger partial charge in [0.05, 0.1) is 18.7 Å². The van der Waals surface area contributed by atoms with E-state index in [0.29, 0.717) is 5.82 Å². The van der Waals surface area contributed by atoms with Crippen LogP contribution in [0.5, 0.6) is 5.88 Å². The van der Waals surface area contributed by atoms with Crippen molar-refractivity contribution in [2.75, 3.05) is 11.8 Å². The Morgan fingerprint density at radius 2 is 1.91 bits per heavy atom. The molecule has 1 aliphatic rings. The van der Waals surface area contributed by atoms with Crippen LogP contribution < -0.4 is 15.0 Å². The number of aromatic amines is 1. The van der Waals surface area contributed by atoms with Crippen molar-refractivity contribution in [1.82, 2.24) is 34.7 Å². The van der Waals surface area contributed by atoms with Gasteiger partial charge >= 0.3 is 0 Å². The van der Waals surface area contributed by atoms with Crippen molar-refractivity contribution in [2.45, 2.75) is 31.9 Å². The van der Waals surface area contributed by atoms with Crippen LogP contribution in [0.1, 0.15) is 37.0 Å². The van der Waals surface area contributed by atoms with Crippen LogP contribution in [0.3, 0.4) is 0 Å². The van der Waals surface area contributed by atoms with E-state index in [1.165, 1.54) is 26.3 Å². The van der Waals surface area contributed by atoms with Crippen LogP contribution in [0.4, 0.5) is 5.95 Å². The largest absolute Gasteiger partial charge is 0.479 e. The molecule has 0 saturated heterocycles. The first kappa shape index (κ1) is 23.8. The van der Waals surface area contributed by atoms with E-state index in [-0.39, 0.29) is 29.0 Å². The Bertz CT molecular complexity index is 1560. The number of H-pyrrole nitrogens is 1. The van der Waals surface area contributed by atoms with Crippen molar-refractivity contribution in [2.24, 2.45) is 4.99 Å². The molecule has 0 aliphatic carbocycles. The molecule has 0 amide bonds. The first-order valence-electron chi connectivity index (χ1n) is 10.3. The van der Waals surface area contributed by atoms with Crippen molar-refractivity contribution >= 4 is 27.9 Å². The molecule has 2 atom stereocenters. The molecule has 35 heavy (non-hydrogen) atoms. The Labute approximate surface area is 200 Å². The summed E-state index contributed by atoms with van der Waals surface area (Å²) in [6.07, 6.45) is 7.38. The molecule has 180 valence electrons. The Balaban J connectivity index is 1.81. The number of nitrogens with one attached hydrogen (secondary N) is 2. The summed E-state index contributed by atoms with van der Waals surface area (Å²) in [6, 6.07) is 0. The lowest BCUT2D eigenvalue weighted by Crippen LogP contribution is -2.32. The highest BCUT2D eigenvalue weighted by Gasteiger charge is 2.32. The summed E-state index contributed by atoms with van der Waals surface area (Å²) in [6.45, 7) is 5.07. The standard InChI is InChI=1S/C21H21N9O4S/c1-12-9-23-17(24-10-12)13(2)14(3)35(32,33)29-21-28-27-18(15-7-5-6-8-22-15)30(21)16-19(31)25-11-26-20(16)34-4/h6,8-11,13-14H,1-4H3,(H,28,29)(H,25,26,31)/t13-,14-/m0/s1. The van der Waals surface area contributed by atoms with Gasteiger partial charge in [0.1, 0.15) is 5.82 Å². The molecule has 14 heteroatoms. The molecule has 0 saturated carbocycles. The fourth-order valence-electron chi connectivity index (χ4n) is 3.18. The second-order valence-corrected chi connectivity index (χ2v) is 9.63. The lowest BCUT2D eigenvalue weighted by atomic mass is 10.1. The normalized spacial score (nSPS) is 14.5. The van der Waals surface area contributed by atoms with Gasteiger partial charge in [-0.15, -0.1) is 10.2 Å². The molecule has 0 bridgehead atoms.